The van der Waals surface area contributed by atoms with Gasteiger partial charge in [0.05, 0.1) is 0 Å². The quantitative estimate of drug-likeness (QED) is 0.588. The van der Waals surface area contributed by atoms with Gasteiger partial charge in [0.25, 0.3) is 0 Å². The SMILES string of the molecule is CSc1ccc(CN2CCN(Cc3ccccc3)CC2)cc1.O=C(O)C(=O)O. The second-order valence-electron chi connectivity index (χ2n) is 6.50. The summed E-state index contributed by atoms with van der Waals surface area (Å²) in [6, 6.07) is 19.8. The summed E-state index contributed by atoms with van der Waals surface area (Å²) in [6.07, 6.45) is 2.13. The maximum Gasteiger partial charge on any atom is 0.414 e. The van der Waals surface area contributed by atoms with E-state index in [1.54, 1.807) is 11.8 Å². The largest absolute Gasteiger partial charge is 0.473 e. The lowest BCUT2D eigenvalue weighted by molar-refractivity contribution is -0.159. The van der Waals surface area contributed by atoms with Crippen molar-refractivity contribution < 1.29 is 19.8 Å². The van der Waals surface area contributed by atoms with Crippen molar-refractivity contribution in [2.45, 2.75) is 18.0 Å². The molecule has 0 atom stereocenters. The normalized spacial score (nSPS) is 14.8. The molecule has 2 aromatic carbocycles. The summed E-state index contributed by atoms with van der Waals surface area (Å²) in [5.74, 6) is -3.65. The third kappa shape index (κ3) is 7.72. The minimum atomic E-state index is -1.82. The van der Waals surface area contributed by atoms with Crippen LogP contribution in [0.25, 0.3) is 0 Å². The number of aliphatic carboxylic acids is 2. The van der Waals surface area contributed by atoms with Gasteiger partial charge in [0, 0.05) is 44.2 Å². The maximum absolute atomic E-state index is 9.10. The zero-order chi connectivity index (χ0) is 20.4. The molecule has 1 heterocycles. The molecule has 1 aliphatic rings. The van der Waals surface area contributed by atoms with E-state index in [0.29, 0.717) is 0 Å². The molecule has 0 amide bonds. The van der Waals surface area contributed by atoms with Gasteiger partial charge in [-0.05, 0) is 29.5 Å². The van der Waals surface area contributed by atoms with Gasteiger partial charge < -0.3 is 10.2 Å². The fraction of sp³-hybridized carbons (Fsp3) is 0.333. The first-order valence-corrected chi connectivity index (χ1v) is 10.3. The van der Waals surface area contributed by atoms with Crippen LogP contribution in [0.2, 0.25) is 0 Å². The molecule has 0 spiro atoms. The van der Waals surface area contributed by atoms with E-state index in [0.717, 1.165) is 39.3 Å². The topological polar surface area (TPSA) is 81.1 Å². The summed E-state index contributed by atoms with van der Waals surface area (Å²) >= 11 is 1.80. The molecule has 7 heteroatoms. The molecule has 2 aromatic rings. The van der Waals surface area contributed by atoms with Crippen molar-refractivity contribution in [2.75, 3.05) is 32.4 Å². The van der Waals surface area contributed by atoms with Gasteiger partial charge in [-0.1, -0.05) is 42.5 Å². The van der Waals surface area contributed by atoms with Crippen molar-refractivity contribution >= 4 is 23.7 Å². The van der Waals surface area contributed by atoms with E-state index in [-0.39, 0.29) is 0 Å². The molecule has 0 aromatic heterocycles. The number of hydrogen-bond acceptors (Lipinski definition) is 5. The average Bonchev–Trinajstić information content (AvgIpc) is 2.71. The van der Waals surface area contributed by atoms with Crippen LogP contribution in [0.15, 0.2) is 59.5 Å². The molecule has 28 heavy (non-hydrogen) atoms. The molecule has 0 radical (unpaired) electrons. The lowest BCUT2D eigenvalue weighted by Gasteiger charge is -2.34. The summed E-state index contributed by atoms with van der Waals surface area (Å²) in [5.41, 5.74) is 2.85. The molecule has 0 saturated carbocycles. The summed E-state index contributed by atoms with van der Waals surface area (Å²) in [7, 11) is 0. The Bertz CT molecular complexity index is 733. The van der Waals surface area contributed by atoms with Crippen molar-refractivity contribution in [1.29, 1.82) is 0 Å². The van der Waals surface area contributed by atoms with Gasteiger partial charge in [0.15, 0.2) is 0 Å². The van der Waals surface area contributed by atoms with Gasteiger partial charge in [0.1, 0.15) is 0 Å². The third-order valence-electron chi connectivity index (χ3n) is 4.46. The Morgan fingerprint density at radius 1 is 0.786 bits per heavy atom. The van der Waals surface area contributed by atoms with Crippen molar-refractivity contribution in [3.8, 4) is 0 Å². The van der Waals surface area contributed by atoms with Crippen molar-refractivity contribution in [3.63, 3.8) is 0 Å². The van der Waals surface area contributed by atoms with Gasteiger partial charge in [-0.2, -0.15) is 0 Å². The molecular weight excluding hydrogens is 376 g/mol. The van der Waals surface area contributed by atoms with Gasteiger partial charge in [-0.15, -0.1) is 11.8 Å². The lowest BCUT2D eigenvalue weighted by Crippen LogP contribution is -2.45. The van der Waals surface area contributed by atoms with E-state index < -0.39 is 11.9 Å². The van der Waals surface area contributed by atoms with Crippen LogP contribution in [-0.4, -0.2) is 64.4 Å². The Labute approximate surface area is 169 Å². The Morgan fingerprint density at radius 3 is 1.61 bits per heavy atom. The minimum Gasteiger partial charge on any atom is -0.473 e. The number of nitrogens with zero attached hydrogens (tertiary/aromatic N) is 2. The van der Waals surface area contributed by atoms with Crippen LogP contribution < -0.4 is 0 Å². The predicted octanol–water partition coefficient (Wildman–Crippen LogP) is 2.88. The van der Waals surface area contributed by atoms with Crippen molar-refractivity contribution in [2.24, 2.45) is 0 Å². The monoisotopic (exact) mass is 402 g/mol. The molecule has 1 aliphatic heterocycles. The smallest absolute Gasteiger partial charge is 0.414 e. The van der Waals surface area contributed by atoms with Crippen LogP contribution in [0, 0.1) is 0 Å². The van der Waals surface area contributed by atoms with Gasteiger partial charge in [0.2, 0.25) is 0 Å². The second-order valence-corrected chi connectivity index (χ2v) is 7.38. The summed E-state index contributed by atoms with van der Waals surface area (Å²) in [4.78, 5) is 24.7. The fourth-order valence-corrected chi connectivity index (χ4v) is 3.34. The second kappa shape index (κ2) is 11.5. The number of carboxylic acids is 2. The van der Waals surface area contributed by atoms with Gasteiger partial charge in [-0.3, -0.25) is 9.80 Å². The molecular formula is C21H26N2O4S. The first kappa shape index (κ1) is 21.9. The first-order chi connectivity index (χ1) is 13.5. The fourth-order valence-electron chi connectivity index (χ4n) is 2.94. The van der Waals surface area contributed by atoms with E-state index in [4.69, 9.17) is 19.8 Å². The molecule has 0 unspecified atom stereocenters. The number of thioether (sulfide) groups is 1. The number of piperazine rings is 1. The van der Waals surface area contributed by atoms with Crippen molar-refractivity contribution in [3.05, 3.63) is 65.7 Å². The van der Waals surface area contributed by atoms with Crippen molar-refractivity contribution in [1.82, 2.24) is 9.80 Å². The van der Waals surface area contributed by atoms with Crippen LogP contribution >= 0.6 is 11.8 Å². The molecule has 2 N–H and O–H groups in total. The molecule has 150 valence electrons. The number of carboxylic acid groups (broad SMARTS) is 2. The minimum absolute atomic E-state index is 1.08. The number of benzene rings is 2. The lowest BCUT2D eigenvalue weighted by atomic mass is 10.1. The van der Waals surface area contributed by atoms with Crippen LogP contribution in [0.5, 0.6) is 0 Å². The Kier molecular flexibility index (Phi) is 9.00. The predicted molar refractivity (Wildman–Crippen MR) is 110 cm³/mol. The van der Waals surface area contributed by atoms with E-state index >= 15 is 0 Å². The molecule has 1 fully saturated rings. The van der Waals surface area contributed by atoms with Crippen LogP contribution in [0.4, 0.5) is 0 Å². The summed E-state index contributed by atoms with van der Waals surface area (Å²) in [5, 5.41) is 14.8. The molecule has 0 bridgehead atoms. The van der Waals surface area contributed by atoms with Crippen LogP contribution in [0.1, 0.15) is 11.1 Å². The Morgan fingerprint density at radius 2 is 1.21 bits per heavy atom. The highest BCUT2D eigenvalue weighted by Gasteiger charge is 2.16. The summed E-state index contributed by atoms with van der Waals surface area (Å²) < 4.78 is 0. The maximum atomic E-state index is 9.10. The third-order valence-corrected chi connectivity index (χ3v) is 5.21. The number of carbonyl (C=O) groups is 2. The van der Waals surface area contributed by atoms with Crippen LogP contribution in [0.3, 0.4) is 0 Å². The zero-order valence-electron chi connectivity index (χ0n) is 16.0. The standard InChI is InChI=1S/C19H24N2S.C2H2O4/c1-22-19-9-7-18(8-10-19)16-21-13-11-20(12-14-21)15-17-5-3-2-4-6-17;3-1(4)2(5)6/h2-10H,11-16H2,1H3;(H,3,4)(H,5,6). The van der Waals surface area contributed by atoms with E-state index in [9.17, 15) is 0 Å². The highest BCUT2D eigenvalue weighted by Crippen LogP contribution is 2.17. The number of hydrogen-bond donors (Lipinski definition) is 2. The highest BCUT2D eigenvalue weighted by molar-refractivity contribution is 7.98. The molecule has 6 nitrogen and oxygen atoms in total. The molecule has 3 rings (SSSR count). The average molecular weight is 403 g/mol. The van der Waals surface area contributed by atoms with E-state index in [2.05, 4.69) is 70.7 Å². The highest BCUT2D eigenvalue weighted by atomic mass is 32.2. The zero-order valence-corrected chi connectivity index (χ0v) is 16.8. The first-order valence-electron chi connectivity index (χ1n) is 9.05. The Hall–Kier alpha value is -2.35. The van der Waals surface area contributed by atoms with Crippen LogP contribution in [-0.2, 0) is 22.7 Å². The molecule has 0 aliphatic carbocycles. The van der Waals surface area contributed by atoms with E-state index in [1.807, 2.05) is 0 Å². The summed E-state index contributed by atoms with van der Waals surface area (Å²) in [6.45, 7) is 6.81. The van der Waals surface area contributed by atoms with Gasteiger partial charge >= 0.3 is 11.9 Å². The van der Waals surface area contributed by atoms with Gasteiger partial charge in [-0.25, -0.2) is 9.59 Å². The van der Waals surface area contributed by atoms with E-state index in [1.165, 1.54) is 16.0 Å². The molecule has 1 saturated heterocycles. The Balaban J connectivity index is 0.000000409. The number of rotatable bonds is 5.